The van der Waals surface area contributed by atoms with Gasteiger partial charge in [0.05, 0.1) is 11.8 Å². The quantitative estimate of drug-likeness (QED) is 0.348. The normalized spacial score (nSPS) is 23.1. The first kappa shape index (κ1) is 7.78. The fraction of sp³-hybridized carbons (Fsp3) is 0.429. The molecule has 0 aromatic rings. The molecule has 0 bridgehead atoms. The topological polar surface area (TPSA) is 73.2 Å². The number of nitrogens with one attached hydrogen (secondary N) is 2. The lowest BCUT2D eigenvalue weighted by atomic mass is 10.1. The number of hydrogen-bond donors (Lipinski definition) is 3. The van der Waals surface area contributed by atoms with E-state index in [4.69, 9.17) is 10.5 Å². The number of aliphatic hydroxyl groups is 1. The van der Waals surface area contributed by atoms with Crippen molar-refractivity contribution in [1.29, 1.82) is 5.41 Å². The van der Waals surface area contributed by atoms with Crippen molar-refractivity contribution in [3.05, 3.63) is 11.8 Å². The van der Waals surface area contributed by atoms with Crippen LogP contribution in [0.25, 0.3) is 0 Å². The fourth-order valence-corrected chi connectivity index (χ4v) is 0.971. The summed E-state index contributed by atoms with van der Waals surface area (Å²) in [6, 6.07) is 0. The van der Waals surface area contributed by atoms with Crippen LogP contribution in [-0.4, -0.2) is 23.3 Å². The van der Waals surface area contributed by atoms with Gasteiger partial charge in [0.15, 0.2) is 0 Å². The van der Waals surface area contributed by atoms with E-state index in [0.717, 1.165) is 6.42 Å². The molecule has 4 heteroatoms. The monoisotopic (exact) mass is 154 g/mol. The molecule has 0 atom stereocenters. The summed E-state index contributed by atoms with van der Waals surface area (Å²) in [6.45, 7) is 0.582. The molecule has 1 aliphatic heterocycles. The maximum Gasteiger partial charge on any atom is 0.256 e. The lowest BCUT2D eigenvalue weighted by molar-refractivity contribution is -0.116. The van der Waals surface area contributed by atoms with Crippen molar-refractivity contribution < 1.29 is 9.90 Å². The number of carbonyl (C=O) groups excluding carboxylic acids is 1. The van der Waals surface area contributed by atoms with Crippen LogP contribution in [0.4, 0.5) is 0 Å². The van der Waals surface area contributed by atoms with Gasteiger partial charge in [-0.15, -0.1) is 0 Å². The summed E-state index contributed by atoms with van der Waals surface area (Å²) < 4.78 is 0. The van der Waals surface area contributed by atoms with Gasteiger partial charge < -0.3 is 15.8 Å². The number of hydrogen-bond acceptors (Lipinski definition) is 3. The van der Waals surface area contributed by atoms with Crippen molar-refractivity contribution in [2.45, 2.75) is 12.8 Å². The molecule has 60 valence electrons. The van der Waals surface area contributed by atoms with Crippen LogP contribution in [0.1, 0.15) is 12.8 Å². The standard InChI is InChI=1S/C7H10N2O2/c8-6-2-1-3-9-7(11)5(6)4-10/h4,8,10H,1-3H2,(H,9,11). The molecule has 0 aromatic heterocycles. The van der Waals surface area contributed by atoms with Crippen LogP contribution in [0, 0.1) is 5.41 Å². The first-order chi connectivity index (χ1) is 5.25. The SMILES string of the molecule is N=C1CCCNC(=O)C1=CO. The second-order valence-corrected chi connectivity index (χ2v) is 2.38. The summed E-state index contributed by atoms with van der Waals surface area (Å²) in [6.07, 6.45) is 2.01. The Hall–Kier alpha value is -1.32. The first-order valence-electron chi connectivity index (χ1n) is 3.46. The van der Waals surface area contributed by atoms with Gasteiger partial charge in [0.2, 0.25) is 0 Å². The maximum absolute atomic E-state index is 11.0. The molecule has 0 aromatic carbocycles. The summed E-state index contributed by atoms with van der Waals surface area (Å²) in [5, 5.41) is 18.5. The van der Waals surface area contributed by atoms with E-state index in [-0.39, 0.29) is 17.2 Å². The Bertz CT molecular complexity index is 200. The van der Waals surface area contributed by atoms with Crippen molar-refractivity contribution >= 4 is 11.6 Å². The number of amides is 1. The van der Waals surface area contributed by atoms with Crippen LogP contribution in [0.5, 0.6) is 0 Å². The van der Waals surface area contributed by atoms with E-state index in [2.05, 4.69) is 5.32 Å². The molecule has 1 fully saturated rings. The third kappa shape index (κ3) is 1.58. The minimum absolute atomic E-state index is 0.0856. The van der Waals surface area contributed by atoms with Gasteiger partial charge in [0.25, 0.3) is 5.91 Å². The van der Waals surface area contributed by atoms with E-state index in [1.54, 1.807) is 0 Å². The first-order valence-corrected chi connectivity index (χ1v) is 3.46. The van der Waals surface area contributed by atoms with Crippen LogP contribution in [0.2, 0.25) is 0 Å². The number of aliphatic hydroxyl groups excluding tert-OH is 1. The molecule has 0 unspecified atom stereocenters. The van der Waals surface area contributed by atoms with Crippen molar-refractivity contribution in [1.82, 2.24) is 5.32 Å². The highest BCUT2D eigenvalue weighted by Crippen LogP contribution is 2.06. The number of carbonyl (C=O) groups is 1. The Morgan fingerprint density at radius 1 is 1.64 bits per heavy atom. The summed E-state index contributed by atoms with van der Waals surface area (Å²) in [5.41, 5.74) is 0.296. The van der Waals surface area contributed by atoms with E-state index in [1.807, 2.05) is 0 Å². The highest BCUT2D eigenvalue weighted by molar-refractivity contribution is 6.20. The molecule has 1 rings (SSSR count). The zero-order chi connectivity index (χ0) is 8.27. The zero-order valence-electron chi connectivity index (χ0n) is 6.05. The minimum Gasteiger partial charge on any atom is -0.515 e. The second-order valence-electron chi connectivity index (χ2n) is 2.38. The predicted octanol–water partition coefficient (Wildman–Crippen LogP) is 0.358. The predicted molar refractivity (Wildman–Crippen MR) is 40.7 cm³/mol. The lowest BCUT2D eigenvalue weighted by Crippen LogP contribution is -2.25. The Balaban J connectivity index is 2.84. The molecule has 0 aliphatic carbocycles. The molecule has 0 saturated carbocycles. The largest absolute Gasteiger partial charge is 0.515 e. The highest BCUT2D eigenvalue weighted by atomic mass is 16.2. The summed E-state index contributed by atoms with van der Waals surface area (Å²) in [7, 11) is 0. The Kier molecular flexibility index (Phi) is 2.25. The van der Waals surface area contributed by atoms with Crippen molar-refractivity contribution in [2.75, 3.05) is 6.54 Å². The molecule has 0 radical (unpaired) electrons. The van der Waals surface area contributed by atoms with E-state index < -0.39 is 0 Å². The lowest BCUT2D eigenvalue weighted by Gasteiger charge is -1.99. The van der Waals surface area contributed by atoms with Gasteiger partial charge in [-0.05, 0) is 12.8 Å². The Morgan fingerprint density at radius 3 is 3.00 bits per heavy atom. The molecule has 1 amide bonds. The minimum atomic E-state index is -0.352. The maximum atomic E-state index is 11.0. The van der Waals surface area contributed by atoms with Gasteiger partial charge >= 0.3 is 0 Å². The van der Waals surface area contributed by atoms with Crippen LogP contribution < -0.4 is 5.32 Å². The van der Waals surface area contributed by atoms with Crippen LogP contribution in [-0.2, 0) is 4.79 Å². The second kappa shape index (κ2) is 3.18. The molecular weight excluding hydrogens is 144 g/mol. The molecule has 3 N–H and O–H groups in total. The third-order valence-electron chi connectivity index (χ3n) is 1.59. The summed E-state index contributed by atoms with van der Waals surface area (Å²) in [4.78, 5) is 11.0. The van der Waals surface area contributed by atoms with E-state index >= 15 is 0 Å². The molecule has 1 aliphatic rings. The van der Waals surface area contributed by atoms with Crippen molar-refractivity contribution in [3.8, 4) is 0 Å². The molecule has 1 saturated heterocycles. The third-order valence-corrected chi connectivity index (χ3v) is 1.59. The smallest absolute Gasteiger partial charge is 0.256 e. The molecular formula is C7H10N2O2. The Labute approximate surface area is 64.4 Å². The summed E-state index contributed by atoms with van der Waals surface area (Å²) in [5.74, 6) is -0.352. The van der Waals surface area contributed by atoms with Gasteiger partial charge in [-0.3, -0.25) is 4.79 Å². The van der Waals surface area contributed by atoms with Gasteiger partial charge in [-0.25, -0.2) is 0 Å². The molecule has 0 spiro atoms. The average Bonchev–Trinajstić information content (AvgIpc) is 2.12. The van der Waals surface area contributed by atoms with Crippen LogP contribution in [0.3, 0.4) is 0 Å². The van der Waals surface area contributed by atoms with Gasteiger partial charge in [0.1, 0.15) is 0 Å². The molecule has 11 heavy (non-hydrogen) atoms. The van der Waals surface area contributed by atoms with Gasteiger partial charge in [-0.1, -0.05) is 0 Å². The summed E-state index contributed by atoms with van der Waals surface area (Å²) >= 11 is 0. The van der Waals surface area contributed by atoms with Crippen LogP contribution >= 0.6 is 0 Å². The van der Waals surface area contributed by atoms with E-state index in [1.165, 1.54) is 0 Å². The molecule has 4 nitrogen and oxygen atoms in total. The fourth-order valence-electron chi connectivity index (χ4n) is 0.971. The highest BCUT2D eigenvalue weighted by Gasteiger charge is 2.17. The van der Waals surface area contributed by atoms with E-state index in [9.17, 15) is 4.79 Å². The Morgan fingerprint density at radius 2 is 2.36 bits per heavy atom. The van der Waals surface area contributed by atoms with E-state index in [0.29, 0.717) is 19.2 Å². The zero-order valence-corrected chi connectivity index (χ0v) is 6.05. The van der Waals surface area contributed by atoms with Crippen molar-refractivity contribution in [3.63, 3.8) is 0 Å². The van der Waals surface area contributed by atoms with Gasteiger partial charge in [-0.2, -0.15) is 0 Å². The molecule has 1 heterocycles. The van der Waals surface area contributed by atoms with Crippen molar-refractivity contribution in [2.24, 2.45) is 0 Å². The van der Waals surface area contributed by atoms with Gasteiger partial charge in [0, 0.05) is 12.3 Å². The average molecular weight is 154 g/mol. The number of rotatable bonds is 0. The van der Waals surface area contributed by atoms with Crippen LogP contribution in [0.15, 0.2) is 11.8 Å².